The number of hydrogen-bond donors (Lipinski definition) is 1. The Bertz CT molecular complexity index is 480. The largest absolute Gasteiger partial charge is 0.204 e. The zero-order valence-electron chi connectivity index (χ0n) is 7.52. The number of nitrogens with one attached hydrogen (secondary N) is 1. The number of nitriles is 1. The van der Waals surface area contributed by atoms with E-state index in [0.29, 0.717) is 11.4 Å². The van der Waals surface area contributed by atoms with E-state index < -0.39 is 0 Å². The van der Waals surface area contributed by atoms with Crippen molar-refractivity contribution in [2.24, 2.45) is 0 Å². The lowest BCUT2D eigenvalue weighted by Gasteiger charge is -1.99. The third-order valence-electron chi connectivity index (χ3n) is 1.95. The molecule has 0 aliphatic heterocycles. The van der Waals surface area contributed by atoms with Crippen molar-refractivity contribution in [1.29, 1.82) is 5.26 Å². The monoisotopic (exact) mass is 185 g/mol. The standard InChI is InChI=1S/C9H7N5/c1-6-2-3-7(5-10)4-8(6)9-11-13-14-12-9/h2-4H,1H3,(H,11,12,13,14). The average Bonchev–Trinajstić information content (AvgIpc) is 2.71. The fourth-order valence-corrected chi connectivity index (χ4v) is 1.21. The number of nitrogens with zero attached hydrogens (tertiary/aromatic N) is 4. The van der Waals surface area contributed by atoms with Gasteiger partial charge in [-0.25, -0.2) is 0 Å². The van der Waals surface area contributed by atoms with E-state index in [9.17, 15) is 0 Å². The number of aromatic nitrogens is 4. The van der Waals surface area contributed by atoms with Gasteiger partial charge < -0.3 is 0 Å². The van der Waals surface area contributed by atoms with Gasteiger partial charge in [0.25, 0.3) is 0 Å². The first kappa shape index (κ1) is 8.38. The SMILES string of the molecule is Cc1ccc(C#N)cc1-c1nn[nH]n1. The van der Waals surface area contributed by atoms with Gasteiger partial charge in [0.1, 0.15) is 0 Å². The minimum Gasteiger partial charge on any atom is -0.192 e. The molecule has 0 amide bonds. The van der Waals surface area contributed by atoms with Crippen LogP contribution in [0.15, 0.2) is 18.2 Å². The zero-order valence-corrected chi connectivity index (χ0v) is 7.52. The Kier molecular flexibility index (Phi) is 1.95. The predicted octanol–water partition coefficient (Wildman–Crippen LogP) is 1.05. The van der Waals surface area contributed by atoms with E-state index in [1.165, 1.54) is 0 Å². The van der Waals surface area contributed by atoms with Crippen LogP contribution in [0.5, 0.6) is 0 Å². The number of aryl methyl sites for hydroxylation is 1. The van der Waals surface area contributed by atoms with Crippen LogP contribution in [0, 0.1) is 18.3 Å². The molecule has 2 rings (SSSR count). The van der Waals surface area contributed by atoms with Crippen molar-refractivity contribution >= 4 is 0 Å². The molecule has 0 radical (unpaired) electrons. The molecule has 1 heterocycles. The number of H-pyrrole nitrogens is 1. The smallest absolute Gasteiger partial charge is 0.192 e. The molecule has 0 saturated carbocycles. The lowest BCUT2D eigenvalue weighted by Crippen LogP contribution is -1.87. The van der Waals surface area contributed by atoms with Gasteiger partial charge in [-0.2, -0.15) is 10.5 Å². The van der Waals surface area contributed by atoms with Crippen molar-refractivity contribution in [2.75, 3.05) is 0 Å². The summed E-state index contributed by atoms with van der Waals surface area (Å²) < 4.78 is 0. The minimum atomic E-state index is 0.514. The Hall–Kier alpha value is -2.22. The van der Waals surface area contributed by atoms with Gasteiger partial charge in [-0.1, -0.05) is 6.07 Å². The molecule has 0 unspecified atom stereocenters. The molecule has 0 atom stereocenters. The Morgan fingerprint density at radius 2 is 2.29 bits per heavy atom. The van der Waals surface area contributed by atoms with Gasteiger partial charge in [0.05, 0.1) is 11.6 Å². The van der Waals surface area contributed by atoms with Gasteiger partial charge in [0.2, 0.25) is 5.82 Å². The van der Waals surface area contributed by atoms with Crippen LogP contribution in [0.25, 0.3) is 11.4 Å². The highest BCUT2D eigenvalue weighted by atomic mass is 15.5. The summed E-state index contributed by atoms with van der Waals surface area (Å²) in [6, 6.07) is 7.45. The summed E-state index contributed by atoms with van der Waals surface area (Å²) in [6.45, 7) is 1.94. The summed E-state index contributed by atoms with van der Waals surface area (Å²) >= 11 is 0. The number of hydrogen-bond acceptors (Lipinski definition) is 4. The maximum Gasteiger partial charge on any atom is 0.204 e. The van der Waals surface area contributed by atoms with Gasteiger partial charge in [-0.3, -0.25) is 0 Å². The van der Waals surface area contributed by atoms with Gasteiger partial charge in [0.15, 0.2) is 0 Å². The second-order valence-electron chi connectivity index (χ2n) is 2.88. The maximum atomic E-state index is 8.74. The fourth-order valence-electron chi connectivity index (χ4n) is 1.21. The van der Waals surface area contributed by atoms with Gasteiger partial charge in [0, 0.05) is 5.56 Å². The molecule has 5 nitrogen and oxygen atoms in total. The third-order valence-corrected chi connectivity index (χ3v) is 1.95. The van der Waals surface area contributed by atoms with Crippen LogP contribution in [-0.4, -0.2) is 20.6 Å². The first-order valence-electron chi connectivity index (χ1n) is 4.06. The van der Waals surface area contributed by atoms with Crippen LogP contribution >= 0.6 is 0 Å². The highest BCUT2D eigenvalue weighted by Crippen LogP contribution is 2.19. The summed E-state index contributed by atoms with van der Waals surface area (Å²) in [5.41, 5.74) is 2.44. The second-order valence-corrected chi connectivity index (χ2v) is 2.88. The molecular weight excluding hydrogens is 178 g/mol. The summed E-state index contributed by atoms with van der Waals surface area (Å²) in [5, 5.41) is 22.3. The Morgan fingerprint density at radius 3 is 2.93 bits per heavy atom. The number of tetrazole rings is 1. The third kappa shape index (κ3) is 1.33. The molecule has 0 bridgehead atoms. The van der Waals surface area contributed by atoms with Gasteiger partial charge in [-0.15, -0.1) is 10.2 Å². The van der Waals surface area contributed by atoms with E-state index in [1.807, 2.05) is 13.0 Å². The van der Waals surface area contributed by atoms with Crippen LogP contribution in [0.4, 0.5) is 0 Å². The topological polar surface area (TPSA) is 78.2 Å². The molecule has 1 N–H and O–H groups in total. The second kappa shape index (κ2) is 3.26. The number of rotatable bonds is 1. The zero-order chi connectivity index (χ0) is 9.97. The molecule has 0 fully saturated rings. The minimum absolute atomic E-state index is 0.514. The predicted molar refractivity (Wildman–Crippen MR) is 49.1 cm³/mol. The number of aromatic amines is 1. The van der Waals surface area contributed by atoms with E-state index in [2.05, 4.69) is 26.7 Å². The van der Waals surface area contributed by atoms with Crippen LogP contribution in [0.2, 0.25) is 0 Å². The van der Waals surface area contributed by atoms with E-state index in [0.717, 1.165) is 11.1 Å². The normalized spacial score (nSPS) is 9.71. The van der Waals surface area contributed by atoms with E-state index in [1.54, 1.807) is 12.1 Å². The molecule has 5 heteroatoms. The highest BCUT2D eigenvalue weighted by Gasteiger charge is 2.06. The van der Waals surface area contributed by atoms with Gasteiger partial charge in [-0.05, 0) is 29.8 Å². The first-order valence-corrected chi connectivity index (χ1v) is 4.06. The summed E-state index contributed by atoms with van der Waals surface area (Å²) in [5.74, 6) is 0.514. The Labute approximate surface area is 80.4 Å². The van der Waals surface area contributed by atoms with Crippen molar-refractivity contribution in [1.82, 2.24) is 20.6 Å². The molecule has 2 aromatic rings. The molecule has 0 aliphatic carbocycles. The average molecular weight is 185 g/mol. The quantitative estimate of drug-likeness (QED) is 0.720. The summed E-state index contributed by atoms with van der Waals surface area (Å²) in [6.07, 6.45) is 0. The lowest BCUT2D eigenvalue weighted by atomic mass is 10.1. The molecule has 14 heavy (non-hydrogen) atoms. The van der Waals surface area contributed by atoms with Crippen LogP contribution in [0.3, 0.4) is 0 Å². The number of benzene rings is 1. The van der Waals surface area contributed by atoms with Gasteiger partial charge >= 0.3 is 0 Å². The van der Waals surface area contributed by atoms with E-state index >= 15 is 0 Å². The molecule has 1 aromatic carbocycles. The fraction of sp³-hybridized carbons (Fsp3) is 0.111. The Balaban J connectivity index is 2.58. The molecule has 68 valence electrons. The summed E-state index contributed by atoms with van der Waals surface area (Å²) in [7, 11) is 0. The molecule has 0 spiro atoms. The molecule has 0 saturated heterocycles. The highest BCUT2D eigenvalue weighted by molar-refractivity contribution is 5.61. The van der Waals surface area contributed by atoms with E-state index in [4.69, 9.17) is 5.26 Å². The maximum absolute atomic E-state index is 8.74. The van der Waals surface area contributed by atoms with Crippen LogP contribution < -0.4 is 0 Å². The van der Waals surface area contributed by atoms with Crippen molar-refractivity contribution in [3.05, 3.63) is 29.3 Å². The molecule has 1 aromatic heterocycles. The first-order chi connectivity index (χ1) is 6.81. The van der Waals surface area contributed by atoms with Crippen molar-refractivity contribution in [3.8, 4) is 17.5 Å². The molecule has 0 aliphatic rings. The summed E-state index contributed by atoms with van der Waals surface area (Å²) in [4.78, 5) is 0. The van der Waals surface area contributed by atoms with Crippen molar-refractivity contribution in [3.63, 3.8) is 0 Å². The van der Waals surface area contributed by atoms with Crippen molar-refractivity contribution < 1.29 is 0 Å². The molecular formula is C9H7N5. The van der Waals surface area contributed by atoms with E-state index in [-0.39, 0.29) is 0 Å². The lowest BCUT2D eigenvalue weighted by molar-refractivity contribution is 0.881. The van der Waals surface area contributed by atoms with Crippen LogP contribution in [0.1, 0.15) is 11.1 Å². The van der Waals surface area contributed by atoms with Crippen LogP contribution in [-0.2, 0) is 0 Å². The van der Waals surface area contributed by atoms with Crippen molar-refractivity contribution in [2.45, 2.75) is 6.92 Å². The Morgan fingerprint density at radius 1 is 1.43 bits per heavy atom.